The van der Waals surface area contributed by atoms with Crippen LogP contribution >= 0.6 is 0 Å². The monoisotopic (exact) mass is 444 g/mol. The number of hydrogen-bond donors (Lipinski definition) is 3. The molecule has 172 valence electrons. The van der Waals surface area contributed by atoms with Gasteiger partial charge in [0.25, 0.3) is 5.91 Å². The Kier molecular flexibility index (Phi) is 9.33. The topological polar surface area (TPSA) is 88.7 Å². The molecule has 33 heavy (non-hydrogen) atoms. The predicted octanol–water partition coefficient (Wildman–Crippen LogP) is 3.63. The van der Waals surface area contributed by atoms with Crippen molar-refractivity contribution in [2.75, 3.05) is 19.7 Å². The Morgan fingerprint density at radius 3 is 2.33 bits per heavy atom. The van der Waals surface area contributed by atoms with Gasteiger partial charge in [-0.1, -0.05) is 72.8 Å². The number of carbonyl (C=O) groups is 1. The van der Waals surface area contributed by atoms with Crippen molar-refractivity contribution in [2.24, 2.45) is 10.7 Å². The lowest BCUT2D eigenvalue weighted by atomic mass is 9.92. The number of nitrogens with one attached hydrogen (secondary N) is 2. The first kappa shape index (κ1) is 23.9. The Hall–Kier alpha value is -3.80. The second-order valence-electron chi connectivity index (χ2n) is 7.78. The number of ether oxygens (including phenoxy) is 1. The molecule has 0 radical (unpaired) electrons. The number of aliphatic imine (C=N–C) groups is 1. The zero-order valence-electron chi connectivity index (χ0n) is 19.0. The molecule has 3 aromatic carbocycles. The molecular weight excluding hydrogens is 412 g/mol. The molecule has 0 bridgehead atoms. The maximum Gasteiger partial charge on any atom is 0.255 e. The van der Waals surface area contributed by atoms with Gasteiger partial charge in [-0.05, 0) is 42.2 Å². The highest BCUT2D eigenvalue weighted by atomic mass is 16.5. The lowest BCUT2D eigenvalue weighted by molar-refractivity contribution is -0.119. The van der Waals surface area contributed by atoms with Gasteiger partial charge >= 0.3 is 0 Å². The van der Waals surface area contributed by atoms with E-state index in [9.17, 15) is 4.79 Å². The van der Waals surface area contributed by atoms with Crippen molar-refractivity contribution in [1.29, 1.82) is 0 Å². The van der Waals surface area contributed by atoms with Crippen LogP contribution in [0.3, 0.4) is 0 Å². The largest absolute Gasteiger partial charge is 0.484 e. The minimum Gasteiger partial charge on any atom is -0.484 e. The summed E-state index contributed by atoms with van der Waals surface area (Å²) in [6, 6.07) is 28.6. The highest BCUT2D eigenvalue weighted by Gasteiger charge is 2.13. The summed E-state index contributed by atoms with van der Waals surface area (Å²) < 4.78 is 5.39. The Bertz CT molecular complexity index is 1020. The van der Waals surface area contributed by atoms with Gasteiger partial charge in [-0.25, -0.2) is 4.99 Å². The van der Waals surface area contributed by atoms with Gasteiger partial charge in [-0.2, -0.15) is 0 Å². The zero-order chi connectivity index (χ0) is 23.3. The van der Waals surface area contributed by atoms with Crippen molar-refractivity contribution in [3.05, 3.63) is 102 Å². The summed E-state index contributed by atoms with van der Waals surface area (Å²) in [6.07, 6.45) is 0.941. The molecule has 0 saturated carbocycles. The number of carbonyl (C=O) groups excluding carboxylic acids is 1. The summed E-state index contributed by atoms with van der Waals surface area (Å²) in [4.78, 5) is 15.7. The van der Waals surface area contributed by atoms with Crippen LogP contribution < -0.4 is 21.1 Å². The van der Waals surface area contributed by atoms with Crippen LogP contribution in [0.4, 0.5) is 0 Å². The molecule has 0 heterocycles. The van der Waals surface area contributed by atoms with Crippen LogP contribution in [0.15, 0.2) is 89.9 Å². The van der Waals surface area contributed by atoms with Crippen LogP contribution in [0.2, 0.25) is 0 Å². The number of nitrogens with zero attached hydrogens (tertiary/aromatic N) is 1. The number of guanidine groups is 1. The maximum atomic E-state index is 10.9. The number of amides is 1. The summed E-state index contributed by atoms with van der Waals surface area (Å²) >= 11 is 0. The van der Waals surface area contributed by atoms with Gasteiger partial charge in [-0.15, -0.1) is 0 Å². The molecule has 0 aromatic heterocycles. The number of benzene rings is 3. The fourth-order valence-electron chi connectivity index (χ4n) is 3.55. The standard InChI is InChI=1S/C27H32N4O2/c1-2-29-27(30-18-22-12-9-15-25(17-22)33-20-26(28)32)31-19-24(23-13-7-4-8-14-23)16-21-10-5-3-6-11-21/h3-15,17,24H,2,16,18-20H2,1H3,(H2,28,32)(H2,29,30,31). The molecule has 3 aromatic rings. The van der Waals surface area contributed by atoms with Crippen molar-refractivity contribution in [3.63, 3.8) is 0 Å². The lowest BCUT2D eigenvalue weighted by Crippen LogP contribution is -2.39. The highest BCUT2D eigenvalue weighted by molar-refractivity contribution is 5.79. The number of hydrogen-bond acceptors (Lipinski definition) is 3. The Balaban J connectivity index is 1.67. The molecule has 1 atom stereocenters. The molecule has 0 aliphatic rings. The molecule has 0 aliphatic carbocycles. The molecule has 3 rings (SSSR count). The van der Waals surface area contributed by atoms with Gasteiger partial charge in [-0.3, -0.25) is 4.79 Å². The molecule has 0 aliphatic heterocycles. The maximum absolute atomic E-state index is 10.9. The van der Waals surface area contributed by atoms with E-state index in [0.717, 1.165) is 31.0 Å². The second-order valence-corrected chi connectivity index (χ2v) is 7.78. The predicted molar refractivity (Wildman–Crippen MR) is 133 cm³/mol. The molecule has 1 amide bonds. The van der Waals surface area contributed by atoms with E-state index in [-0.39, 0.29) is 6.61 Å². The van der Waals surface area contributed by atoms with Gasteiger partial charge in [0.15, 0.2) is 12.6 Å². The number of rotatable bonds is 11. The first-order chi connectivity index (χ1) is 16.1. The van der Waals surface area contributed by atoms with E-state index in [1.54, 1.807) is 6.07 Å². The van der Waals surface area contributed by atoms with Crippen molar-refractivity contribution in [1.82, 2.24) is 10.6 Å². The summed E-state index contributed by atoms with van der Waals surface area (Å²) in [5.41, 5.74) is 8.74. The van der Waals surface area contributed by atoms with E-state index in [1.807, 2.05) is 37.3 Å². The second kappa shape index (κ2) is 12.9. The van der Waals surface area contributed by atoms with Gasteiger partial charge in [0.05, 0.1) is 6.54 Å². The van der Waals surface area contributed by atoms with Gasteiger partial charge < -0.3 is 21.1 Å². The van der Waals surface area contributed by atoms with Gasteiger partial charge in [0.1, 0.15) is 5.75 Å². The Morgan fingerprint density at radius 2 is 1.64 bits per heavy atom. The van der Waals surface area contributed by atoms with Crippen molar-refractivity contribution >= 4 is 11.9 Å². The van der Waals surface area contributed by atoms with Crippen LogP contribution in [0.5, 0.6) is 5.75 Å². The van der Waals surface area contributed by atoms with Crippen molar-refractivity contribution in [2.45, 2.75) is 25.8 Å². The van der Waals surface area contributed by atoms with Crippen LogP contribution in [-0.2, 0) is 17.8 Å². The van der Waals surface area contributed by atoms with Gasteiger partial charge in [0.2, 0.25) is 0 Å². The minimum absolute atomic E-state index is 0.140. The Morgan fingerprint density at radius 1 is 0.939 bits per heavy atom. The minimum atomic E-state index is -0.500. The van der Waals surface area contributed by atoms with E-state index in [0.29, 0.717) is 18.2 Å². The molecule has 0 spiro atoms. The van der Waals surface area contributed by atoms with Crippen LogP contribution in [0.25, 0.3) is 0 Å². The zero-order valence-corrected chi connectivity index (χ0v) is 19.0. The summed E-state index contributed by atoms with van der Waals surface area (Å²) in [7, 11) is 0. The fraction of sp³-hybridized carbons (Fsp3) is 0.259. The molecule has 4 N–H and O–H groups in total. The van der Waals surface area contributed by atoms with E-state index in [1.165, 1.54) is 11.1 Å². The number of nitrogens with two attached hydrogens (primary N) is 1. The van der Waals surface area contributed by atoms with E-state index in [4.69, 9.17) is 15.5 Å². The average molecular weight is 445 g/mol. The molecule has 1 unspecified atom stereocenters. The molecule has 0 saturated heterocycles. The van der Waals surface area contributed by atoms with Gasteiger partial charge in [0, 0.05) is 19.0 Å². The van der Waals surface area contributed by atoms with E-state index < -0.39 is 5.91 Å². The summed E-state index contributed by atoms with van der Waals surface area (Å²) in [5.74, 6) is 1.17. The normalized spacial score (nSPS) is 12.1. The average Bonchev–Trinajstić information content (AvgIpc) is 2.85. The van der Waals surface area contributed by atoms with Crippen LogP contribution in [0.1, 0.15) is 29.5 Å². The van der Waals surface area contributed by atoms with E-state index >= 15 is 0 Å². The quantitative estimate of drug-likeness (QED) is 0.311. The van der Waals surface area contributed by atoms with Crippen LogP contribution in [-0.4, -0.2) is 31.6 Å². The summed E-state index contributed by atoms with van der Waals surface area (Å²) in [5, 5.41) is 6.84. The molecule has 6 heteroatoms. The van der Waals surface area contributed by atoms with Crippen molar-refractivity contribution in [3.8, 4) is 5.75 Å². The fourth-order valence-corrected chi connectivity index (χ4v) is 3.55. The Labute approximate surface area is 195 Å². The first-order valence-corrected chi connectivity index (χ1v) is 11.2. The van der Waals surface area contributed by atoms with Crippen molar-refractivity contribution < 1.29 is 9.53 Å². The van der Waals surface area contributed by atoms with Crippen LogP contribution in [0, 0.1) is 0 Å². The number of primary amides is 1. The van der Waals surface area contributed by atoms with E-state index in [2.05, 4.69) is 59.2 Å². The SMILES string of the molecule is CCNC(=NCc1cccc(OCC(N)=O)c1)NCC(Cc1ccccc1)c1ccccc1. The first-order valence-electron chi connectivity index (χ1n) is 11.2. The third kappa shape index (κ3) is 8.33. The molecule has 6 nitrogen and oxygen atoms in total. The smallest absolute Gasteiger partial charge is 0.255 e. The highest BCUT2D eigenvalue weighted by Crippen LogP contribution is 2.20. The third-order valence-corrected chi connectivity index (χ3v) is 5.16. The molecule has 0 fully saturated rings. The lowest BCUT2D eigenvalue weighted by Gasteiger charge is -2.20. The molecular formula is C27H32N4O2. The summed E-state index contributed by atoms with van der Waals surface area (Å²) in [6.45, 7) is 3.92. The third-order valence-electron chi connectivity index (χ3n) is 5.16.